The van der Waals surface area contributed by atoms with Crippen LogP contribution in [0.1, 0.15) is 27.2 Å². The summed E-state index contributed by atoms with van der Waals surface area (Å²) in [6.07, 6.45) is -2.41. The Kier molecular flexibility index (Phi) is 7.93. The molecule has 0 aromatic heterocycles. The highest BCUT2D eigenvalue weighted by Crippen LogP contribution is 2.45. The maximum atomic E-state index is 12.2. The fourth-order valence-electron chi connectivity index (χ4n) is 3.86. The second kappa shape index (κ2) is 9.70. The van der Waals surface area contributed by atoms with Gasteiger partial charge in [-0.25, -0.2) is 4.79 Å². The van der Waals surface area contributed by atoms with Crippen molar-refractivity contribution in [3.8, 4) is 0 Å². The lowest BCUT2D eigenvalue weighted by Crippen LogP contribution is -2.60. The maximum Gasteiger partial charge on any atom is 0.328 e. The van der Waals surface area contributed by atoms with Gasteiger partial charge in [-0.3, -0.25) is 4.79 Å². The molecule has 174 valence electrons. The summed E-state index contributed by atoms with van der Waals surface area (Å²) in [5, 5.41) is 59.6. The molecular weight excluding hydrogens is 412 g/mol. The fourth-order valence-corrected chi connectivity index (χ4v) is 3.86. The van der Waals surface area contributed by atoms with Crippen molar-refractivity contribution >= 4 is 11.8 Å². The number of rotatable bonds is 7. The number of allylic oxidation sites excluding steroid dienone is 3. The summed E-state index contributed by atoms with van der Waals surface area (Å²) in [5.74, 6) is -1.40. The molecule has 0 bridgehead atoms. The molecule has 1 heterocycles. The number of ether oxygens (including phenoxy) is 2. The van der Waals surface area contributed by atoms with E-state index < -0.39 is 54.3 Å². The highest BCUT2D eigenvalue weighted by molar-refractivity contribution is 5.93. The molecule has 0 aromatic carbocycles. The van der Waals surface area contributed by atoms with E-state index in [4.69, 9.17) is 14.6 Å². The van der Waals surface area contributed by atoms with Crippen LogP contribution in [0, 0.1) is 5.41 Å². The zero-order chi connectivity index (χ0) is 23.6. The van der Waals surface area contributed by atoms with Crippen molar-refractivity contribution in [1.29, 1.82) is 0 Å². The monoisotopic (exact) mass is 442 g/mol. The smallest absolute Gasteiger partial charge is 0.328 e. The molecule has 7 atom stereocenters. The van der Waals surface area contributed by atoms with Crippen LogP contribution in [0.2, 0.25) is 0 Å². The van der Waals surface area contributed by atoms with E-state index in [-0.39, 0.29) is 18.8 Å². The summed E-state index contributed by atoms with van der Waals surface area (Å²) in [5.41, 5.74) is -2.24. The molecule has 1 aliphatic carbocycles. The Morgan fingerprint density at radius 2 is 1.94 bits per heavy atom. The lowest BCUT2D eigenvalue weighted by Gasteiger charge is -2.47. The first kappa shape index (κ1) is 25.3. The predicted molar refractivity (Wildman–Crippen MR) is 107 cm³/mol. The zero-order valence-corrected chi connectivity index (χ0v) is 17.6. The lowest BCUT2D eigenvalue weighted by atomic mass is 9.63. The largest absolute Gasteiger partial charge is 0.478 e. The molecule has 6 N–H and O–H groups in total. The quantitative estimate of drug-likeness (QED) is 0.213. The van der Waals surface area contributed by atoms with E-state index >= 15 is 0 Å². The first-order valence-electron chi connectivity index (χ1n) is 9.81. The molecule has 1 aliphatic heterocycles. The SMILES string of the molecule is CC1=CC(=O)C[C@@](C)(CO[C@@H]2O[C@H](CO)[C@@H](O)[C@H](O)[C@H]2O)[C@@]1(O)/C=C/C(C)=C/C(=O)O. The van der Waals surface area contributed by atoms with Crippen molar-refractivity contribution in [1.82, 2.24) is 0 Å². The summed E-state index contributed by atoms with van der Waals surface area (Å²) in [7, 11) is 0. The molecule has 2 aliphatic rings. The van der Waals surface area contributed by atoms with E-state index in [0.717, 1.165) is 6.08 Å². The van der Waals surface area contributed by atoms with Gasteiger partial charge < -0.3 is 40.1 Å². The Morgan fingerprint density at radius 3 is 2.52 bits per heavy atom. The zero-order valence-electron chi connectivity index (χ0n) is 17.6. The molecule has 1 saturated heterocycles. The Hall–Kier alpha value is -1.92. The molecule has 0 spiro atoms. The molecule has 0 saturated carbocycles. The van der Waals surface area contributed by atoms with Gasteiger partial charge in [0.25, 0.3) is 0 Å². The van der Waals surface area contributed by atoms with Gasteiger partial charge in [-0.05, 0) is 37.1 Å². The van der Waals surface area contributed by atoms with Gasteiger partial charge in [0.1, 0.15) is 30.0 Å². The fraction of sp³-hybridized carbons (Fsp3) is 0.619. The number of ketones is 1. The molecule has 10 heteroatoms. The molecule has 0 amide bonds. The Balaban J connectivity index is 2.29. The van der Waals surface area contributed by atoms with Gasteiger partial charge in [0, 0.05) is 17.9 Å². The summed E-state index contributed by atoms with van der Waals surface area (Å²) in [4.78, 5) is 23.1. The van der Waals surface area contributed by atoms with Crippen molar-refractivity contribution in [2.75, 3.05) is 13.2 Å². The first-order chi connectivity index (χ1) is 14.3. The van der Waals surface area contributed by atoms with Crippen molar-refractivity contribution in [2.45, 2.75) is 63.5 Å². The van der Waals surface area contributed by atoms with Gasteiger partial charge >= 0.3 is 5.97 Å². The standard InChI is InChI=1S/C21H30O10/c1-11(6-15(24)25)4-5-21(29)12(2)7-13(23)8-20(21,3)10-30-19-18(28)17(27)16(26)14(9-22)31-19/h4-7,14,16-19,22,26-29H,8-10H2,1-3H3,(H,24,25)/b5-4+,11-6+/t14-,16-,17+,18-,19-,20+,21-/m1/s1. The highest BCUT2D eigenvalue weighted by Gasteiger charge is 2.52. The molecule has 0 radical (unpaired) electrons. The van der Waals surface area contributed by atoms with Crippen LogP contribution in [-0.2, 0) is 19.1 Å². The lowest BCUT2D eigenvalue weighted by molar-refractivity contribution is -0.308. The van der Waals surface area contributed by atoms with E-state index in [2.05, 4.69) is 0 Å². The van der Waals surface area contributed by atoms with Crippen LogP contribution in [0.5, 0.6) is 0 Å². The summed E-state index contributed by atoms with van der Waals surface area (Å²) < 4.78 is 10.9. The third-order valence-corrected chi connectivity index (χ3v) is 5.82. The van der Waals surface area contributed by atoms with E-state index in [1.165, 1.54) is 18.2 Å². The molecule has 2 rings (SSSR count). The molecule has 10 nitrogen and oxygen atoms in total. The van der Waals surface area contributed by atoms with Crippen LogP contribution < -0.4 is 0 Å². The van der Waals surface area contributed by atoms with Gasteiger partial charge in [-0.1, -0.05) is 13.0 Å². The van der Waals surface area contributed by atoms with Crippen LogP contribution in [0.4, 0.5) is 0 Å². The summed E-state index contributed by atoms with van der Waals surface area (Å²) >= 11 is 0. The number of carboxylic acids is 1. The van der Waals surface area contributed by atoms with E-state index in [9.17, 15) is 35.1 Å². The number of aliphatic hydroxyl groups is 5. The Morgan fingerprint density at radius 1 is 1.29 bits per heavy atom. The highest BCUT2D eigenvalue weighted by atomic mass is 16.7. The van der Waals surface area contributed by atoms with Crippen LogP contribution in [0.3, 0.4) is 0 Å². The number of carboxylic acid groups (broad SMARTS) is 1. The molecule has 1 fully saturated rings. The Labute approximate surface area is 179 Å². The van der Waals surface area contributed by atoms with Crippen molar-refractivity contribution in [2.24, 2.45) is 5.41 Å². The third kappa shape index (κ3) is 5.29. The van der Waals surface area contributed by atoms with Crippen molar-refractivity contribution < 1.29 is 49.7 Å². The van der Waals surface area contributed by atoms with E-state index in [0.29, 0.717) is 11.1 Å². The minimum Gasteiger partial charge on any atom is -0.478 e. The first-order valence-corrected chi connectivity index (χ1v) is 9.81. The number of carbonyl (C=O) groups excluding carboxylic acids is 1. The number of aliphatic hydroxyl groups excluding tert-OH is 4. The number of hydrogen-bond acceptors (Lipinski definition) is 9. The number of carbonyl (C=O) groups is 2. The molecule has 31 heavy (non-hydrogen) atoms. The van der Waals surface area contributed by atoms with E-state index in [1.54, 1.807) is 20.8 Å². The van der Waals surface area contributed by atoms with Crippen molar-refractivity contribution in [3.05, 3.63) is 35.5 Å². The average Bonchev–Trinajstić information content (AvgIpc) is 2.68. The minimum atomic E-state index is -1.69. The van der Waals surface area contributed by atoms with Crippen LogP contribution in [0.15, 0.2) is 35.5 Å². The summed E-state index contributed by atoms with van der Waals surface area (Å²) in [6, 6.07) is 0. The molecule has 0 unspecified atom stereocenters. The Bertz CT molecular complexity index is 785. The van der Waals surface area contributed by atoms with Gasteiger partial charge in [0.05, 0.1) is 13.2 Å². The second-order valence-electron chi connectivity index (χ2n) is 8.37. The number of aliphatic carboxylic acids is 1. The van der Waals surface area contributed by atoms with Gasteiger partial charge in [-0.15, -0.1) is 0 Å². The number of hydrogen-bond donors (Lipinski definition) is 6. The predicted octanol–water partition coefficient (Wildman–Crippen LogP) is -0.953. The van der Waals surface area contributed by atoms with E-state index in [1.807, 2.05) is 0 Å². The average molecular weight is 442 g/mol. The van der Waals surface area contributed by atoms with Gasteiger partial charge in [-0.2, -0.15) is 0 Å². The summed E-state index contributed by atoms with van der Waals surface area (Å²) in [6.45, 7) is 3.78. The topological polar surface area (TPSA) is 174 Å². The van der Waals surface area contributed by atoms with Gasteiger partial charge in [0.2, 0.25) is 0 Å². The molecular formula is C21H30O10. The normalized spacial score (nSPS) is 39.6. The maximum absolute atomic E-state index is 12.2. The molecule has 0 aromatic rings. The van der Waals surface area contributed by atoms with Gasteiger partial charge in [0.15, 0.2) is 12.1 Å². The minimum absolute atomic E-state index is 0.121. The van der Waals surface area contributed by atoms with Crippen molar-refractivity contribution in [3.63, 3.8) is 0 Å². The third-order valence-electron chi connectivity index (χ3n) is 5.82. The van der Waals surface area contributed by atoms with Crippen LogP contribution in [0.25, 0.3) is 0 Å². The van der Waals surface area contributed by atoms with Crippen LogP contribution >= 0.6 is 0 Å². The second-order valence-corrected chi connectivity index (χ2v) is 8.37. The van der Waals surface area contributed by atoms with Crippen LogP contribution in [-0.4, -0.2) is 91.9 Å².